The second-order valence-electron chi connectivity index (χ2n) is 3.65. The SMILES string of the molecule is C[C@@H](N)C(=O)N1C[C@@H](O)C[C@H]1B(O)O.Cl. The highest BCUT2D eigenvalue weighted by molar-refractivity contribution is 6.43. The molecule has 0 aliphatic carbocycles. The normalized spacial score (nSPS) is 27.1. The molecule has 1 saturated heterocycles. The van der Waals surface area contributed by atoms with E-state index in [0.717, 1.165) is 0 Å². The highest BCUT2D eigenvalue weighted by Gasteiger charge is 2.41. The first-order valence-electron chi connectivity index (χ1n) is 4.53. The number of amides is 1. The summed E-state index contributed by atoms with van der Waals surface area (Å²) in [5.41, 5.74) is 5.39. The molecule has 15 heavy (non-hydrogen) atoms. The molecule has 1 fully saturated rings. The lowest BCUT2D eigenvalue weighted by atomic mass is 9.77. The summed E-state index contributed by atoms with van der Waals surface area (Å²) < 4.78 is 0. The molecule has 0 aromatic rings. The van der Waals surface area contributed by atoms with Gasteiger partial charge in [0.1, 0.15) is 0 Å². The summed E-state index contributed by atoms with van der Waals surface area (Å²) in [5, 5.41) is 27.3. The number of hydrogen-bond acceptors (Lipinski definition) is 5. The monoisotopic (exact) mass is 238 g/mol. The quantitative estimate of drug-likeness (QED) is 0.406. The number of nitrogens with two attached hydrogens (primary N) is 1. The van der Waals surface area contributed by atoms with Crippen LogP contribution in [0.2, 0.25) is 0 Å². The van der Waals surface area contributed by atoms with E-state index in [1.54, 1.807) is 0 Å². The molecule has 1 aliphatic rings. The van der Waals surface area contributed by atoms with Crippen LogP contribution in [0, 0.1) is 0 Å². The molecule has 1 amide bonds. The molecule has 0 bridgehead atoms. The van der Waals surface area contributed by atoms with Crippen LogP contribution in [0.15, 0.2) is 0 Å². The maximum absolute atomic E-state index is 11.5. The van der Waals surface area contributed by atoms with Crippen molar-refractivity contribution in [1.29, 1.82) is 0 Å². The predicted octanol–water partition coefficient (Wildman–Crippen LogP) is -2.27. The Bertz CT molecular complexity index is 229. The molecule has 88 valence electrons. The molecule has 1 aliphatic heterocycles. The fourth-order valence-electron chi connectivity index (χ4n) is 1.64. The zero-order valence-corrected chi connectivity index (χ0v) is 9.22. The first-order chi connectivity index (χ1) is 6.43. The highest BCUT2D eigenvalue weighted by Crippen LogP contribution is 2.19. The molecule has 0 saturated carbocycles. The van der Waals surface area contributed by atoms with Crippen LogP contribution in [-0.4, -0.2) is 57.7 Å². The lowest BCUT2D eigenvalue weighted by molar-refractivity contribution is -0.132. The summed E-state index contributed by atoms with van der Waals surface area (Å²) in [6.07, 6.45) is -0.527. The summed E-state index contributed by atoms with van der Waals surface area (Å²) in [6.45, 7) is 1.64. The van der Waals surface area contributed by atoms with E-state index in [0.29, 0.717) is 0 Å². The third kappa shape index (κ3) is 3.32. The largest absolute Gasteiger partial charge is 0.475 e. The van der Waals surface area contributed by atoms with Crippen molar-refractivity contribution in [3.8, 4) is 0 Å². The second kappa shape index (κ2) is 5.67. The van der Waals surface area contributed by atoms with Crippen molar-refractivity contribution >= 4 is 25.4 Å². The number of carbonyl (C=O) groups is 1. The van der Waals surface area contributed by atoms with Gasteiger partial charge in [0, 0.05) is 6.54 Å². The molecular weight excluding hydrogens is 222 g/mol. The van der Waals surface area contributed by atoms with Gasteiger partial charge in [0.05, 0.1) is 18.1 Å². The fourth-order valence-corrected chi connectivity index (χ4v) is 1.64. The Morgan fingerprint density at radius 3 is 2.53 bits per heavy atom. The zero-order chi connectivity index (χ0) is 10.9. The number of aliphatic hydroxyl groups is 1. The number of nitrogens with zero attached hydrogens (tertiary/aromatic N) is 1. The lowest BCUT2D eigenvalue weighted by Gasteiger charge is -2.25. The standard InChI is InChI=1S/C7H15BN2O4.ClH/c1-4(9)7(12)10-3-5(11)2-6(10)8(13)14;/h4-6,11,13-14H,2-3,9H2,1H3;1H/t4-,5+,6+;/m1./s1. The van der Waals surface area contributed by atoms with Crippen molar-refractivity contribution in [3.63, 3.8) is 0 Å². The van der Waals surface area contributed by atoms with Crippen molar-refractivity contribution in [2.45, 2.75) is 31.4 Å². The van der Waals surface area contributed by atoms with Gasteiger partial charge in [-0.05, 0) is 13.3 Å². The maximum Gasteiger partial charge on any atom is 0.475 e. The van der Waals surface area contributed by atoms with E-state index in [2.05, 4.69) is 0 Å². The fraction of sp³-hybridized carbons (Fsp3) is 0.857. The third-order valence-corrected chi connectivity index (χ3v) is 2.34. The predicted molar refractivity (Wildman–Crippen MR) is 57.2 cm³/mol. The first-order valence-corrected chi connectivity index (χ1v) is 4.53. The van der Waals surface area contributed by atoms with Gasteiger partial charge in [-0.3, -0.25) is 4.79 Å². The Kier molecular flexibility index (Phi) is 5.54. The Labute approximate surface area is 94.6 Å². The van der Waals surface area contributed by atoms with Crippen LogP contribution in [-0.2, 0) is 4.79 Å². The molecular formula is C7H16BClN2O4. The molecule has 1 heterocycles. The molecule has 0 aromatic carbocycles. The Hall–Kier alpha value is -0.335. The van der Waals surface area contributed by atoms with E-state index in [9.17, 15) is 9.90 Å². The summed E-state index contributed by atoms with van der Waals surface area (Å²) in [6, 6.07) is -0.693. The Morgan fingerprint density at radius 1 is 1.60 bits per heavy atom. The van der Waals surface area contributed by atoms with Crippen LogP contribution in [0.3, 0.4) is 0 Å². The minimum absolute atomic E-state index is 0. The van der Waals surface area contributed by atoms with Crippen molar-refractivity contribution in [3.05, 3.63) is 0 Å². The zero-order valence-electron chi connectivity index (χ0n) is 8.41. The number of carbonyl (C=O) groups excluding carboxylic acids is 1. The Balaban J connectivity index is 0.00000196. The second-order valence-corrected chi connectivity index (χ2v) is 3.65. The lowest BCUT2D eigenvalue weighted by Crippen LogP contribution is -2.50. The van der Waals surface area contributed by atoms with Gasteiger partial charge in [0.2, 0.25) is 5.91 Å². The van der Waals surface area contributed by atoms with Gasteiger partial charge < -0.3 is 25.8 Å². The van der Waals surface area contributed by atoms with Crippen LogP contribution in [0.5, 0.6) is 0 Å². The average Bonchev–Trinajstić information content (AvgIpc) is 2.45. The van der Waals surface area contributed by atoms with Crippen molar-refractivity contribution < 1.29 is 19.9 Å². The van der Waals surface area contributed by atoms with Crippen LogP contribution in [0.1, 0.15) is 13.3 Å². The van der Waals surface area contributed by atoms with Gasteiger partial charge in [-0.15, -0.1) is 12.4 Å². The summed E-state index contributed by atoms with van der Waals surface area (Å²) in [5.74, 6) is -1.12. The van der Waals surface area contributed by atoms with Gasteiger partial charge in [-0.25, -0.2) is 0 Å². The average molecular weight is 238 g/mol. The topological polar surface area (TPSA) is 107 Å². The molecule has 6 nitrogen and oxygen atoms in total. The summed E-state index contributed by atoms with van der Waals surface area (Å²) >= 11 is 0. The molecule has 0 spiro atoms. The van der Waals surface area contributed by atoms with Gasteiger partial charge in [0.15, 0.2) is 0 Å². The molecule has 0 aromatic heterocycles. The number of halogens is 1. The summed E-state index contributed by atoms with van der Waals surface area (Å²) in [7, 11) is -1.63. The molecule has 1 rings (SSSR count). The number of rotatable bonds is 2. The molecule has 0 radical (unpaired) electrons. The maximum atomic E-state index is 11.5. The minimum atomic E-state index is -1.63. The van der Waals surface area contributed by atoms with Gasteiger partial charge in [-0.1, -0.05) is 0 Å². The number of likely N-dealkylation sites (tertiary alicyclic amines) is 1. The number of aliphatic hydroxyl groups excluding tert-OH is 1. The Morgan fingerprint density at radius 2 is 2.13 bits per heavy atom. The number of hydrogen-bond donors (Lipinski definition) is 4. The van der Waals surface area contributed by atoms with Crippen LogP contribution in [0.25, 0.3) is 0 Å². The van der Waals surface area contributed by atoms with Gasteiger partial charge in [0.25, 0.3) is 0 Å². The molecule has 0 unspecified atom stereocenters. The third-order valence-electron chi connectivity index (χ3n) is 2.34. The van der Waals surface area contributed by atoms with Crippen LogP contribution >= 0.6 is 12.4 Å². The van der Waals surface area contributed by atoms with E-state index < -0.39 is 25.2 Å². The number of β-amino-alcohol motifs (C(OH)–C–C–N with tert-alkyl or cyclic N) is 1. The van der Waals surface area contributed by atoms with Crippen molar-refractivity contribution in [2.24, 2.45) is 5.73 Å². The van der Waals surface area contributed by atoms with E-state index in [4.69, 9.17) is 15.8 Å². The van der Waals surface area contributed by atoms with Crippen LogP contribution in [0.4, 0.5) is 0 Å². The van der Waals surface area contributed by atoms with Crippen molar-refractivity contribution in [2.75, 3.05) is 6.54 Å². The molecule has 5 N–H and O–H groups in total. The minimum Gasteiger partial charge on any atom is -0.426 e. The van der Waals surface area contributed by atoms with E-state index >= 15 is 0 Å². The van der Waals surface area contributed by atoms with Gasteiger partial charge in [-0.2, -0.15) is 0 Å². The van der Waals surface area contributed by atoms with Crippen LogP contribution < -0.4 is 5.73 Å². The van der Waals surface area contributed by atoms with E-state index in [1.165, 1.54) is 11.8 Å². The summed E-state index contributed by atoms with van der Waals surface area (Å²) in [4.78, 5) is 12.7. The smallest absolute Gasteiger partial charge is 0.426 e. The first kappa shape index (κ1) is 14.7. The van der Waals surface area contributed by atoms with Gasteiger partial charge >= 0.3 is 7.12 Å². The molecule has 8 heteroatoms. The van der Waals surface area contributed by atoms with E-state index in [1.807, 2.05) is 0 Å². The van der Waals surface area contributed by atoms with E-state index in [-0.39, 0.29) is 31.3 Å². The highest BCUT2D eigenvalue weighted by atomic mass is 35.5. The van der Waals surface area contributed by atoms with Crippen molar-refractivity contribution in [1.82, 2.24) is 4.90 Å². The molecule has 3 atom stereocenters.